The van der Waals surface area contributed by atoms with Gasteiger partial charge in [-0.25, -0.2) is 13.2 Å². The first kappa shape index (κ1) is 22.4. The van der Waals surface area contributed by atoms with Gasteiger partial charge in [0.25, 0.3) is 5.91 Å². The Morgan fingerprint density at radius 1 is 1.07 bits per heavy atom. The van der Waals surface area contributed by atoms with Gasteiger partial charge in [0.05, 0.1) is 30.4 Å². The molecule has 0 spiro atoms. The molecule has 0 saturated carbocycles. The molecule has 9 heteroatoms. The lowest BCUT2D eigenvalue weighted by Gasteiger charge is -2.21. The second kappa shape index (κ2) is 9.06. The molecule has 29 heavy (non-hydrogen) atoms. The first-order chi connectivity index (χ1) is 13.6. The zero-order chi connectivity index (χ0) is 21.8. The van der Waals surface area contributed by atoms with Crippen LogP contribution in [0.2, 0.25) is 0 Å². The fourth-order valence-electron chi connectivity index (χ4n) is 2.47. The topological polar surface area (TPSA) is 102 Å². The van der Waals surface area contributed by atoms with Crippen molar-refractivity contribution in [1.82, 2.24) is 4.31 Å². The van der Waals surface area contributed by atoms with Gasteiger partial charge in [0.2, 0.25) is 10.0 Å². The summed E-state index contributed by atoms with van der Waals surface area (Å²) in [5.74, 6) is -0.785. The standard InChI is InChI=1S/C20H24N2O6S/c1-13(2)22(3)29(25,26)16-8-6-7-14(11-16)19(23)21-18-10-9-15(27-4)12-17(18)20(24)28-5/h6-13H,1-5H3,(H,21,23). The number of hydrogen-bond acceptors (Lipinski definition) is 6. The van der Waals surface area contributed by atoms with Gasteiger partial charge in [0.15, 0.2) is 0 Å². The lowest BCUT2D eigenvalue weighted by Crippen LogP contribution is -2.33. The third kappa shape index (κ3) is 4.93. The third-order valence-corrected chi connectivity index (χ3v) is 6.41. The van der Waals surface area contributed by atoms with Crippen molar-refractivity contribution in [3.63, 3.8) is 0 Å². The largest absolute Gasteiger partial charge is 0.497 e. The number of carbonyl (C=O) groups is 2. The monoisotopic (exact) mass is 420 g/mol. The maximum atomic E-state index is 12.7. The van der Waals surface area contributed by atoms with Crippen LogP contribution in [-0.4, -0.2) is 51.9 Å². The van der Waals surface area contributed by atoms with E-state index in [-0.39, 0.29) is 27.8 Å². The van der Waals surface area contributed by atoms with Gasteiger partial charge < -0.3 is 14.8 Å². The van der Waals surface area contributed by atoms with Crippen LogP contribution in [0.3, 0.4) is 0 Å². The number of amides is 1. The van der Waals surface area contributed by atoms with E-state index in [4.69, 9.17) is 9.47 Å². The van der Waals surface area contributed by atoms with Crippen molar-refractivity contribution in [2.45, 2.75) is 24.8 Å². The molecule has 2 rings (SSSR count). The fraction of sp³-hybridized carbons (Fsp3) is 0.300. The normalized spacial score (nSPS) is 11.4. The van der Waals surface area contributed by atoms with Crippen LogP contribution in [0.15, 0.2) is 47.4 Å². The van der Waals surface area contributed by atoms with Crippen LogP contribution in [0, 0.1) is 0 Å². The van der Waals surface area contributed by atoms with E-state index >= 15 is 0 Å². The molecule has 0 aliphatic carbocycles. The molecule has 2 aromatic rings. The van der Waals surface area contributed by atoms with Crippen molar-refractivity contribution in [2.75, 3.05) is 26.6 Å². The molecule has 2 aromatic carbocycles. The van der Waals surface area contributed by atoms with Crippen molar-refractivity contribution < 1.29 is 27.5 Å². The lowest BCUT2D eigenvalue weighted by molar-refractivity contribution is 0.0601. The molecule has 0 aromatic heterocycles. The smallest absolute Gasteiger partial charge is 0.340 e. The zero-order valence-corrected chi connectivity index (χ0v) is 17.7. The number of carbonyl (C=O) groups excluding carboxylic acids is 2. The highest BCUT2D eigenvalue weighted by Gasteiger charge is 2.24. The van der Waals surface area contributed by atoms with Gasteiger partial charge in [-0.15, -0.1) is 0 Å². The van der Waals surface area contributed by atoms with Gasteiger partial charge >= 0.3 is 5.97 Å². The zero-order valence-electron chi connectivity index (χ0n) is 16.9. The van der Waals surface area contributed by atoms with Gasteiger partial charge in [0, 0.05) is 18.7 Å². The Morgan fingerprint density at radius 2 is 1.76 bits per heavy atom. The van der Waals surface area contributed by atoms with E-state index in [1.165, 1.54) is 62.0 Å². The molecule has 0 aliphatic rings. The molecule has 0 radical (unpaired) electrons. The second-order valence-electron chi connectivity index (χ2n) is 6.50. The average Bonchev–Trinajstić information content (AvgIpc) is 2.72. The molecule has 1 N–H and O–H groups in total. The molecule has 0 aliphatic heterocycles. The number of hydrogen-bond donors (Lipinski definition) is 1. The Morgan fingerprint density at radius 3 is 2.34 bits per heavy atom. The minimum atomic E-state index is -3.74. The number of rotatable bonds is 7. The van der Waals surface area contributed by atoms with E-state index in [0.717, 1.165) is 0 Å². The number of nitrogens with one attached hydrogen (secondary N) is 1. The van der Waals surface area contributed by atoms with E-state index in [2.05, 4.69) is 5.32 Å². The summed E-state index contributed by atoms with van der Waals surface area (Å²) in [5, 5.41) is 2.62. The minimum Gasteiger partial charge on any atom is -0.497 e. The summed E-state index contributed by atoms with van der Waals surface area (Å²) in [6.45, 7) is 3.51. The molecule has 0 unspecified atom stereocenters. The quantitative estimate of drug-likeness (QED) is 0.691. The van der Waals surface area contributed by atoms with Crippen molar-refractivity contribution in [3.8, 4) is 5.75 Å². The van der Waals surface area contributed by atoms with Gasteiger partial charge in [-0.1, -0.05) is 6.07 Å². The first-order valence-electron chi connectivity index (χ1n) is 8.77. The maximum absolute atomic E-state index is 12.7. The third-order valence-electron chi connectivity index (χ3n) is 4.38. The summed E-state index contributed by atoms with van der Waals surface area (Å²) in [4.78, 5) is 24.7. The number of nitrogens with zero attached hydrogens (tertiary/aromatic N) is 1. The van der Waals surface area contributed by atoms with Gasteiger partial charge in [-0.2, -0.15) is 4.31 Å². The average molecular weight is 420 g/mol. The Balaban J connectivity index is 2.37. The summed E-state index contributed by atoms with van der Waals surface area (Å²) < 4.78 is 36.4. The molecule has 0 heterocycles. The molecule has 0 bridgehead atoms. The number of benzene rings is 2. The highest BCUT2D eigenvalue weighted by Crippen LogP contribution is 2.24. The van der Waals surface area contributed by atoms with E-state index in [0.29, 0.717) is 5.75 Å². The number of esters is 1. The summed E-state index contributed by atoms with van der Waals surface area (Å²) in [7, 11) is 0.422. The molecule has 8 nitrogen and oxygen atoms in total. The summed E-state index contributed by atoms with van der Waals surface area (Å²) in [6, 6.07) is 10.0. The number of ether oxygens (including phenoxy) is 2. The molecule has 0 atom stereocenters. The van der Waals surface area contributed by atoms with Crippen LogP contribution in [0.4, 0.5) is 5.69 Å². The Hall–Kier alpha value is -2.91. The predicted octanol–water partition coefficient (Wildman–Crippen LogP) is 2.76. The van der Waals surface area contributed by atoms with Crippen LogP contribution < -0.4 is 10.1 Å². The molecule has 156 valence electrons. The lowest BCUT2D eigenvalue weighted by atomic mass is 10.1. The second-order valence-corrected chi connectivity index (χ2v) is 8.50. The molecule has 0 saturated heterocycles. The van der Waals surface area contributed by atoms with Crippen LogP contribution in [0.25, 0.3) is 0 Å². The Bertz CT molecular complexity index is 1020. The molecule has 0 fully saturated rings. The van der Waals surface area contributed by atoms with Crippen LogP contribution >= 0.6 is 0 Å². The Kier molecular flexibility index (Phi) is 6.99. The number of anilines is 1. The van der Waals surface area contributed by atoms with Gasteiger partial charge in [-0.05, 0) is 50.2 Å². The summed E-state index contributed by atoms with van der Waals surface area (Å²) in [6.07, 6.45) is 0. The summed E-state index contributed by atoms with van der Waals surface area (Å²) >= 11 is 0. The highest BCUT2D eigenvalue weighted by molar-refractivity contribution is 7.89. The predicted molar refractivity (Wildman–Crippen MR) is 109 cm³/mol. The Labute approximate surface area is 170 Å². The van der Waals surface area contributed by atoms with Gasteiger partial charge in [-0.3, -0.25) is 4.79 Å². The fourth-order valence-corrected chi connectivity index (χ4v) is 3.89. The van der Waals surface area contributed by atoms with Crippen molar-refractivity contribution in [1.29, 1.82) is 0 Å². The van der Waals surface area contributed by atoms with Crippen molar-refractivity contribution >= 4 is 27.6 Å². The van der Waals surface area contributed by atoms with Crippen molar-refractivity contribution in [2.24, 2.45) is 0 Å². The highest BCUT2D eigenvalue weighted by atomic mass is 32.2. The van der Waals surface area contributed by atoms with Crippen LogP contribution in [0.5, 0.6) is 5.75 Å². The van der Waals surface area contributed by atoms with E-state index in [9.17, 15) is 18.0 Å². The summed E-state index contributed by atoms with van der Waals surface area (Å²) in [5.41, 5.74) is 0.466. The molecule has 1 amide bonds. The molecular weight excluding hydrogens is 396 g/mol. The van der Waals surface area contributed by atoms with E-state index < -0.39 is 21.9 Å². The first-order valence-corrected chi connectivity index (χ1v) is 10.2. The minimum absolute atomic E-state index is 0.00396. The maximum Gasteiger partial charge on any atom is 0.340 e. The van der Waals surface area contributed by atoms with Crippen LogP contribution in [0.1, 0.15) is 34.6 Å². The number of sulfonamides is 1. The van der Waals surface area contributed by atoms with Crippen LogP contribution in [-0.2, 0) is 14.8 Å². The molecular formula is C20H24N2O6S. The SMILES string of the molecule is COC(=O)c1cc(OC)ccc1NC(=O)c1cccc(S(=O)(=O)N(C)C(C)C)c1. The van der Waals surface area contributed by atoms with Gasteiger partial charge in [0.1, 0.15) is 5.75 Å². The van der Waals surface area contributed by atoms with E-state index in [1.807, 2.05) is 0 Å². The van der Waals surface area contributed by atoms with Crippen molar-refractivity contribution in [3.05, 3.63) is 53.6 Å². The number of methoxy groups -OCH3 is 2. The van der Waals surface area contributed by atoms with E-state index in [1.54, 1.807) is 19.9 Å².